The smallest absolute Gasteiger partial charge is 0.229 e. The lowest BCUT2D eigenvalue weighted by molar-refractivity contribution is 0.736. The number of anilines is 2. The first-order chi connectivity index (χ1) is 10.2. The van der Waals surface area contributed by atoms with Crippen LogP contribution >= 0.6 is 11.6 Å². The van der Waals surface area contributed by atoms with Gasteiger partial charge in [0.15, 0.2) is 0 Å². The molecule has 2 N–H and O–H groups in total. The van der Waals surface area contributed by atoms with Crippen LogP contribution in [0.5, 0.6) is 0 Å². The van der Waals surface area contributed by atoms with Crippen LogP contribution in [0, 0.1) is 0 Å². The molecule has 1 heterocycles. The fourth-order valence-corrected chi connectivity index (χ4v) is 2.15. The molecule has 0 radical (unpaired) electrons. The molecule has 1 aromatic carbocycles. The molecule has 112 valence electrons. The minimum absolute atomic E-state index is 0.142. The summed E-state index contributed by atoms with van der Waals surface area (Å²) in [5.41, 5.74) is 1.19. The van der Waals surface area contributed by atoms with Gasteiger partial charge in [0.25, 0.3) is 0 Å². The van der Waals surface area contributed by atoms with Crippen LogP contribution in [0.25, 0.3) is 0 Å². The fourth-order valence-electron chi connectivity index (χ4n) is 1.99. The summed E-state index contributed by atoms with van der Waals surface area (Å²) in [4.78, 5) is 12.6. The topological polar surface area (TPSA) is 62.7 Å². The van der Waals surface area contributed by atoms with E-state index in [4.69, 9.17) is 11.6 Å². The van der Waals surface area contributed by atoms with Crippen LogP contribution in [0.3, 0.4) is 0 Å². The average Bonchev–Trinajstić information content (AvgIpc) is 2.51. The highest BCUT2D eigenvalue weighted by atomic mass is 35.5. The Hall–Kier alpha value is -1.88. The molecule has 5 nitrogen and oxygen atoms in total. The van der Waals surface area contributed by atoms with Crippen LogP contribution < -0.4 is 10.6 Å². The van der Waals surface area contributed by atoms with Crippen LogP contribution in [0.2, 0.25) is 5.28 Å². The third-order valence-electron chi connectivity index (χ3n) is 3.05. The monoisotopic (exact) mass is 305 g/mol. The van der Waals surface area contributed by atoms with Crippen LogP contribution in [0.15, 0.2) is 30.3 Å². The Balaban J connectivity index is 2.15. The molecule has 0 amide bonds. The largest absolute Gasteiger partial charge is 0.354 e. The summed E-state index contributed by atoms with van der Waals surface area (Å²) in [7, 11) is 0. The highest BCUT2D eigenvalue weighted by Gasteiger charge is 2.12. The van der Waals surface area contributed by atoms with Gasteiger partial charge in [-0.15, -0.1) is 0 Å². The van der Waals surface area contributed by atoms with Gasteiger partial charge in [-0.1, -0.05) is 44.2 Å². The predicted molar refractivity (Wildman–Crippen MR) is 86.7 cm³/mol. The van der Waals surface area contributed by atoms with E-state index in [1.54, 1.807) is 0 Å². The Labute approximate surface area is 130 Å². The fraction of sp³-hybridized carbons (Fsp3) is 0.400. The van der Waals surface area contributed by atoms with Gasteiger partial charge in [0.2, 0.25) is 17.2 Å². The normalized spacial score (nSPS) is 12.0. The van der Waals surface area contributed by atoms with Gasteiger partial charge in [0, 0.05) is 6.54 Å². The van der Waals surface area contributed by atoms with Crippen molar-refractivity contribution in [1.29, 1.82) is 0 Å². The third-order valence-corrected chi connectivity index (χ3v) is 3.22. The standard InChI is InChI=1S/C15H20ClN5/c1-3-10-17-14-19-13(16)20-15(21-14)18-12(4-2)11-8-6-5-7-9-11/h5-9,12H,3-4,10H2,1-2H3,(H2,17,18,19,20,21). The number of hydrogen-bond donors (Lipinski definition) is 2. The summed E-state index contributed by atoms with van der Waals surface area (Å²) in [6.45, 7) is 5.00. The summed E-state index contributed by atoms with van der Waals surface area (Å²) >= 11 is 5.96. The Morgan fingerprint density at radius 3 is 2.43 bits per heavy atom. The molecule has 0 aliphatic carbocycles. The SMILES string of the molecule is CCCNc1nc(Cl)nc(NC(CC)c2ccccc2)n1. The summed E-state index contributed by atoms with van der Waals surface area (Å²) < 4.78 is 0. The first kappa shape index (κ1) is 15.5. The van der Waals surface area contributed by atoms with Crippen LogP contribution in [0.4, 0.5) is 11.9 Å². The van der Waals surface area contributed by atoms with Gasteiger partial charge in [-0.25, -0.2) is 0 Å². The number of nitrogens with zero attached hydrogens (tertiary/aromatic N) is 3. The lowest BCUT2D eigenvalue weighted by atomic mass is 10.1. The van der Waals surface area contributed by atoms with E-state index < -0.39 is 0 Å². The molecule has 2 rings (SSSR count). The first-order valence-corrected chi connectivity index (χ1v) is 7.57. The molecule has 0 saturated carbocycles. The third kappa shape index (κ3) is 4.56. The molecule has 0 bridgehead atoms. The minimum Gasteiger partial charge on any atom is -0.354 e. The molecule has 6 heteroatoms. The van der Waals surface area contributed by atoms with E-state index >= 15 is 0 Å². The second-order valence-corrected chi connectivity index (χ2v) is 5.03. The summed E-state index contributed by atoms with van der Waals surface area (Å²) in [6, 6.07) is 10.4. The number of halogens is 1. The highest BCUT2D eigenvalue weighted by Crippen LogP contribution is 2.21. The highest BCUT2D eigenvalue weighted by molar-refractivity contribution is 6.28. The van der Waals surface area contributed by atoms with E-state index in [-0.39, 0.29) is 11.3 Å². The maximum absolute atomic E-state index is 5.96. The second-order valence-electron chi connectivity index (χ2n) is 4.69. The van der Waals surface area contributed by atoms with Gasteiger partial charge in [-0.3, -0.25) is 0 Å². The molecule has 1 aromatic heterocycles. The van der Waals surface area contributed by atoms with Crippen molar-refractivity contribution in [2.45, 2.75) is 32.7 Å². The Morgan fingerprint density at radius 2 is 1.76 bits per heavy atom. The molecular formula is C15H20ClN5. The molecule has 0 aliphatic rings. The van der Waals surface area contributed by atoms with Crippen molar-refractivity contribution in [2.75, 3.05) is 17.2 Å². The van der Waals surface area contributed by atoms with Crippen molar-refractivity contribution in [2.24, 2.45) is 0 Å². The van der Waals surface area contributed by atoms with Gasteiger partial charge in [0.1, 0.15) is 0 Å². The molecule has 2 aromatic rings. The zero-order valence-electron chi connectivity index (χ0n) is 12.3. The van der Waals surface area contributed by atoms with Crippen molar-refractivity contribution in [3.8, 4) is 0 Å². The molecule has 1 atom stereocenters. The van der Waals surface area contributed by atoms with E-state index in [2.05, 4.69) is 51.6 Å². The van der Waals surface area contributed by atoms with E-state index in [0.717, 1.165) is 19.4 Å². The number of nitrogens with one attached hydrogen (secondary N) is 2. The summed E-state index contributed by atoms with van der Waals surface area (Å²) in [5.74, 6) is 0.992. The summed E-state index contributed by atoms with van der Waals surface area (Å²) in [6.07, 6.45) is 1.92. The number of hydrogen-bond acceptors (Lipinski definition) is 5. The quantitative estimate of drug-likeness (QED) is 0.812. The van der Waals surface area contributed by atoms with E-state index in [1.165, 1.54) is 5.56 Å². The maximum Gasteiger partial charge on any atom is 0.229 e. The van der Waals surface area contributed by atoms with Crippen LogP contribution in [-0.2, 0) is 0 Å². The average molecular weight is 306 g/mol. The van der Waals surface area contributed by atoms with E-state index in [0.29, 0.717) is 11.9 Å². The van der Waals surface area contributed by atoms with Gasteiger partial charge in [-0.2, -0.15) is 15.0 Å². The van der Waals surface area contributed by atoms with E-state index in [9.17, 15) is 0 Å². The Kier molecular flexibility index (Phi) is 5.75. The van der Waals surface area contributed by atoms with Crippen LogP contribution in [0.1, 0.15) is 38.3 Å². The van der Waals surface area contributed by atoms with Crippen molar-refractivity contribution in [3.63, 3.8) is 0 Å². The lowest BCUT2D eigenvalue weighted by Gasteiger charge is -2.17. The molecule has 0 aliphatic heterocycles. The van der Waals surface area contributed by atoms with Crippen molar-refractivity contribution >= 4 is 23.5 Å². The predicted octanol–water partition coefficient (Wildman–Crippen LogP) is 3.91. The van der Waals surface area contributed by atoms with Gasteiger partial charge < -0.3 is 10.6 Å². The molecule has 1 unspecified atom stereocenters. The zero-order valence-corrected chi connectivity index (χ0v) is 13.1. The molecule has 21 heavy (non-hydrogen) atoms. The van der Waals surface area contributed by atoms with Crippen molar-refractivity contribution in [3.05, 3.63) is 41.2 Å². The molecule has 0 fully saturated rings. The first-order valence-electron chi connectivity index (χ1n) is 7.19. The molecule has 0 spiro atoms. The summed E-state index contributed by atoms with van der Waals surface area (Å²) in [5, 5.41) is 6.62. The number of aromatic nitrogens is 3. The van der Waals surface area contributed by atoms with Crippen molar-refractivity contribution in [1.82, 2.24) is 15.0 Å². The Morgan fingerprint density at radius 1 is 1.05 bits per heavy atom. The maximum atomic E-state index is 5.96. The molecular weight excluding hydrogens is 286 g/mol. The lowest BCUT2D eigenvalue weighted by Crippen LogP contribution is -2.14. The number of benzene rings is 1. The van der Waals surface area contributed by atoms with Crippen molar-refractivity contribution < 1.29 is 0 Å². The van der Waals surface area contributed by atoms with Gasteiger partial charge >= 0.3 is 0 Å². The second kappa shape index (κ2) is 7.78. The zero-order chi connectivity index (χ0) is 15.1. The minimum atomic E-state index is 0.142. The Bertz CT molecular complexity index is 561. The number of rotatable bonds is 7. The molecule has 0 saturated heterocycles. The van der Waals surface area contributed by atoms with Gasteiger partial charge in [-0.05, 0) is 30.0 Å². The van der Waals surface area contributed by atoms with E-state index in [1.807, 2.05) is 18.2 Å². The van der Waals surface area contributed by atoms with Gasteiger partial charge in [0.05, 0.1) is 6.04 Å². The van der Waals surface area contributed by atoms with Crippen LogP contribution in [-0.4, -0.2) is 21.5 Å².